The highest BCUT2D eigenvalue weighted by atomic mass is 35.5. The molecule has 1 aromatic rings. The molecule has 0 bridgehead atoms. The van der Waals surface area contributed by atoms with Gasteiger partial charge in [-0.2, -0.15) is 0 Å². The maximum absolute atomic E-state index is 12.0. The summed E-state index contributed by atoms with van der Waals surface area (Å²) in [6.45, 7) is 7.14. The van der Waals surface area contributed by atoms with Gasteiger partial charge in [-0.3, -0.25) is 4.79 Å². The molecule has 1 aromatic heterocycles. The zero-order chi connectivity index (χ0) is 14.5. The summed E-state index contributed by atoms with van der Waals surface area (Å²) >= 11 is 5.73. The van der Waals surface area contributed by atoms with Crippen molar-refractivity contribution in [2.24, 2.45) is 5.41 Å². The van der Waals surface area contributed by atoms with Crippen LogP contribution >= 0.6 is 11.6 Å². The SMILES string of the molecule is COCCC(C)(C)CNC(=O)c1cc(C)nc(Cl)n1. The van der Waals surface area contributed by atoms with E-state index in [9.17, 15) is 4.79 Å². The number of amides is 1. The quantitative estimate of drug-likeness (QED) is 0.814. The van der Waals surface area contributed by atoms with Crippen LogP contribution in [0, 0.1) is 12.3 Å². The van der Waals surface area contributed by atoms with E-state index in [1.54, 1.807) is 20.1 Å². The van der Waals surface area contributed by atoms with Gasteiger partial charge in [0.1, 0.15) is 5.69 Å². The second-order valence-corrected chi connectivity index (χ2v) is 5.59. The van der Waals surface area contributed by atoms with E-state index in [0.29, 0.717) is 24.5 Å². The number of aromatic nitrogens is 2. The molecule has 1 N–H and O–H groups in total. The Morgan fingerprint density at radius 3 is 2.74 bits per heavy atom. The molecule has 0 spiro atoms. The third kappa shape index (κ3) is 5.53. The van der Waals surface area contributed by atoms with E-state index in [4.69, 9.17) is 16.3 Å². The molecule has 0 radical (unpaired) electrons. The molecule has 0 atom stereocenters. The Balaban J connectivity index is 2.60. The van der Waals surface area contributed by atoms with Crippen molar-refractivity contribution in [3.63, 3.8) is 0 Å². The molecule has 1 rings (SSSR count). The summed E-state index contributed by atoms with van der Waals surface area (Å²) in [5, 5.41) is 2.95. The number of hydrogen-bond donors (Lipinski definition) is 1. The van der Waals surface area contributed by atoms with Crippen LogP contribution in [0.15, 0.2) is 6.07 Å². The minimum absolute atomic E-state index is 0.0302. The third-order valence-corrected chi connectivity index (χ3v) is 2.94. The van der Waals surface area contributed by atoms with Gasteiger partial charge in [-0.1, -0.05) is 13.8 Å². The van der Waals surface area contributed by atoms with Crippen molar-refractivity contribution >= 4 is 17.5 Å². The Labute approximate surface area is 118 Å². The fraction of sp³-hybridized carbons (Fsp3) is 0.615. The van der Waals surface area contributed by atoms with Gasteiger partial charge in [0.05, 0.1) is 0 Å². The average molecular weight is 286 g/mol. The summed E-state index contributed by atoms with van der Waals surface area (Å²) in [4.78, 5) is 19.8. The zero-order valence-corrected chi connectivity index (χ0v) is 12.5. The Bertz CT molecular complexity index is 429. The summed E-state index contributed by atoms with van der Waals surface area (Å²) in [6, 6.07) is 1.61. The molecule has 1 heterocycles. The van der Waals surface area contributed by atoms with Crippen molar-refractivity contribution in [1.82, 2.24) is 15.3 Å². The first-order chi connectivity index (χ1) is 8.84. The van der Waals surface area contributed by atoms with Crippen LogP contribution in [-0.2, 0) is 4.74 Å². The maximum Gasteiger partial charge on any atom is 0.270 e. The number of carbonyl (C=O) groups is 1. The monoisotopic (exact) mass is 285 g/mol. The third-order valence-electron chi connectivity index (χ3n) is 2.77. The second kappa shape index (κ2) is 6.82. The Kier molecular flexibility index (Phi) is 5.69. The topological polar surface area (TPSA) is 64.1 Å². The molecule has 0 fully saturated rings. The van der Waals surface area contributed by atoms with Crippen LogP contribution in [0.1, 0.15) is 36.5 Å². The predicted molar refractivity (Wildman–Crippen MR) is 74.4 cm³/mol. The molecule has 19 heavy (non-hydrogen) atoms. The molecule has 0 aliphatic rings. The standard InChI is InChI=1S/C13H20ClN3O2/c1-9-7-10(17-12(14)16-9)11(18)15-8-13(2,3)5-6-19-4/h7H,5-6,8H2,1-4H3,(H,15,18). The summed E-state index contributed by atoms with van der Waals surface area (Å²) in [6.07, 6.45) is 0.868. The first kappa shape index (κ1) is 15.9. The minimum Gasteiger partial charge on any atom is -0.385 e. The van der Waals surface area contributed by atoms with Gasteiger partial charge in [0.2, 0.25) is 5.28 Å². The normalized spacial score (nSPS) is 11.4. The molecule has 0 aliphatic heterocycles. The Hall–Kier alpha value is -1.20. The number of nitrogens with one attached hydrogen (secondary N) is 1. The molecule has 0 saturated carbocycles. The van der Waals surface area contributed by atoms with E-state index < -0.39 is 0 Å². The molecule has 0 unspecified atom stereocenters. The van der Waals surface area contributed by atoms with E-state index in [-0.39, 0.29) is 16.6 Å². The summed E-state index contributed by atoms with van der Waals surface area (Å²) < 4.78 is 5.05. The summed E-state index contributed by atoms with van der Waals surface area (Å²) in [5.74, 6) is -0.238. The van der Waals surface area contributed by atoms with Crippen LogP contribution in [0.3, 0.4) is 0 Å². The highest BCUT2D eigenvalue weighted by molar-refractivity contribution is 6.28. The van der Waals surface area contributed by atoms with E-state index in [1.807, 2.05) is 0 Å². The van der Waals surface area contributed by atoms with Gasteiger partial charge in [0.25, 0.3) is 5.91 Å². The van der Waals surface area contributed by atoms with Gasteiger partial charge in [0.15, 0.2) is 0 Å². The lowest BCUT2D eigenvalue weighted by atomic mass is 9.89. The predicted octanol–water partition coefficient (Wildman–Crippen LogP) is 2.23. The number of aryl methyl sites for hydroxylation is 1. The van der Waals surface area contributed by atoms with E-state index in [0.717, 1.165) is 6.42 Å². The zero-order valence-electron chi connectivity index (χ0n) is 11.8. The maximum atomic E-state index is 12.0. The molecule has 0 aromatic carbocycles. The number of halogens is 1. The highest BCUT2D eigenvalue weighted by Crippen LogP contribution is 2.18. The number of hydrogen-bond acceptors (Lipinski definition) is 4. The van der Waals surface area contributed by atoms with Crippen molar-refractivity contribution in [3.05, 3.63) is 22.7 Å². The Morgan fingerprint density at radius 1 is 1.47 bits per heavy atom. The second-order valence-electron chi connectivity index (χ2n) is 5.25. The molecule has 5 nitrogen and oxygen atoms in total. The van der Waals surface area contributed by atoms with Gasteiger partial charge in [-0.25, -0.2) is 9.97 Å². The average Bonchev–Trinajstić information content (AvgIpc) is 2.32. The van der Waals surface area contributed by atoms with Crippen LogP contribution in [0.25, 0.3) is 0 Å². The van der Waals surface area contributed by atoms with Crippen molar-refractivity contribution in [3.8, 4) is 0 Å². The number of rotatable bonds is 6. The molecule has 1 amide bonds. The number of carbonyl (C=O) groups excluding carboxylic acids is 1. The molecule has 0 aliphatic carbocycles. The van der Waals surface area contributed by atoms with E-state index in [2.05, 4.69) is 29.1 Å². The summed E-state index contributed by atoms with van der Waals surface area (Å²) in [5.41, 5.74) is 0.932. The molecule has 6 heteroatoms. The van der Waals surface area contributed by atoms with Crippen LogP contribution in [0.5, 0.6) is 0 Å². The van der Waals surface area contributed by atoms with Gasteiger partial charge in [0, 0.05) is 26.0 Å². The van der Waals surface area contributed by atoms with Crippen molar-refractivity contribution < 1.29 is 9.53 Å². The number of methoxy groups -OCH3 is 1. The van der Waals surface area contributed by atoms with E-state index >= 15 is 0 Å². The van der Waals surface area contributed by atoms with Crippen molar-refractivity contribution in [1.29, 1.82) is 0 Å². The minimum atomic E-state index is -0.238. The first-order valence-corrected chi connectivity index (χ1v) is 6.50. The number of ether oxygens (including phenoxy) is 1. The first-order valence-electron chi connectivity index (χ1n) is 6.12. The molecule has 0 saturated heterocycles. The Morgan fingerprint density at radius 2 is 2.16 bits per heavy atom. The van der Waals surface area contributed by atoms with Crippen LogP contribution in [0.2, 0.25) is 5.28 Å². The molecular formula is C13H20ClN3O2. The summed E-state index contributed by atoms with van der Waals surface area (Å²) in [7, 11) is 1.67. The largest absolute Gasteiger partial charge is 0.385 e. The van der Waals surface area contributed by atoms with Crippen LogP contribution in [-0.4, -0.2) is 36.1 Å². The van der Waals surface area contributed by atoms with Crippen LogP contribution in [0.4, 0.5) is 0 Å². The lowest BCUT2D eigenvalue weighted by Gasteiger charge is -2.24. The van der Waals surface area contributed by atoms with E-state index in [1.165, 1.54) is 0 Å². The van der Waals surface area contributed by atoms with Crippen molar-refractivity contribution in [2.75, 3.05) is 20.3 Å². The lowest BCUT2D eigenvalue weighted by Crippen LogP contribution is -2.35. The number of nitrogens with zero attached hydrogens (tertiary/aromatic N) is 2. The lowest BCUT2D eigenvalue weighted by molar-refractivity contribution is 0.0915. The molecular weight excluding hydrogens is 266 g/mol. The van der Waals surface area contributed by atoms with Crippen LogP contribution < -0.4 is 5.32 Å². The van der Waals surface area contributed by atoms with Gasteiger partial charge in [-0.05, 0) is 36.4 Å². The van der Waals surface area contributed by atoms with Gasteiger partial charge >= 0.3 is 0 Å². The van der Waals surface area contributed by atoms with Gasteiger partial charge in [-0.15, -0.1) is 0 Å². The smallest absolute Gasteiger partial charge is 0.270 e. The fourth-order valence-corrected chi connectivity index (χ4v) is 1.75. The molecule has 106 valence electrons. The van der Waals surface area contributed by atoms with Gasteiger partial charge < -0.3 is 10.1 Å². The van der Waals surface area contributed by atoms with Crippen molar-refractivity contribution in [2.45, 2.75) is 27.2 Å². The fourth-order valence-electron chi connectivity index (χ4n) is 1.53. The highest BCUT2D eigenvalue weighted by Gasteiger charge is 2.19.